The molecule has 124 valence electrons. The first-order valence-corrected chi connectivity index (χ1v) is 9.53. The zero-order valence-corrected chi connectivity index (χ0v) is 15.9. The minimum absolute atomic E-state index is 0. The molecule has 0 aliphatic carbocycles. The van der Waals surface area contributed by atoms with Crippen molar-refractivity contribution >= 4 is 37.4 Å². The van der Waals surface area contributed by atoms with Gasteiger partial charge in [0.05, 0.1) is 23.7 Å². The van der Waals surface area contributed by atoms with Crippen molar-refractivity contribution in [2.75, 3.05) is 22.9 Å². The lowest BCUT2D eigenvalue weighted by Gasteiger charge is -2.37. The summed E-state index contributed by atoms with van der Waals surface area (Å²) in [4.78, 5) is 0.322. The third kappa shape index (κ3) is 3.65. The highest BCUT2D eigenvalue weighted by molar-refractivity contribution is 8.01. The fraction of sp³-hybridized carbons (Fsp3) is 0.250. The van der Waals surface area contributed by atoms with Crippen molar-refractivity contribution in [3.05, 3.63) is 54.6 Å². The van der Waals surface area contributed by atoms with E-state index in [-0.39, 0.29) is 15.9 Å². The molecule has 0 radical (unpaired) electrons. The standard InChI is InChI=1S/C16H17NO3S2.H3P/c1-20-15-9-7-13(8-10-15)17(14-11-21-12-14)22(18,19)16-5-3-2-4-6-16;/h2-10,14H,11-12H2,1H3;1H3. The lowest BCUT2D eigenvalue weighted by atomic mass is 10.2. The maximum absolute atomic E-state index is 13.0. The highest BCUT2D eigenvalue weighted by Crippen LogP contribution is 2.34. The van der Waals surface area contributed by atoms with Crippen LogP contribution >= 0.6 is 21.7 Å². The molecule has 1 aliphatic heterocycles. The van der Waals surface area contributed by atoms with E-state index in [1.165, 1.54) is 4.31 Å². The van der Waals surface area contributed by atoms with E-state index in [0.29, 0.717) is 16.3 Å². The Kier molecular flexibility index (Phi) is 5.95. The van der Waals surface area contributed by atoms with Gasteiger partial charge in [-0.25, -0.2) is 8.42 Å². The van der Waals surface area contributed by atoms with Crippen LogP contribution in [0, 0.1) is 0 Å². The number of ether oxygens (including phenoxy) is 1. The number of hydrogen-bond acceptors (Lipinski definition) is 4. The van der Waals surface area contributed by atoms with E-state index in [4.69, 9.17) is 4.74 Å². The third-order valence-corrected chi connectivity index (χ3v) is 6.71. The van der Waals surface area contributed by atoms with Crippen LogP contribution in [-0.4, -0.2) is 33.1 Å². The van der Waals surface area contributed by atoms with Gasteiger partial charge in [0, 0.05) is 11.5 Å². The van der Waals surface area contributed by atoms with E-state index in [9.17, 15) is 8.42 Å². The Balaban J connectivity index is 0.00000192. The number of anilines is 1. The summed E-state index contributed by atoms with van der Waals surface area (Å²) in [5.41, 5.74) is 0.676. The van der Waals surface area contributed by atoms with Crippen LogP contribution < -0.4 is 9.04 Å². The molecule has 1 saturated heterocycles. The van der Waals surface area contributed by atoms with Gasteiger partial charge in [0.1, 0.15) is 5.75 Å². The number of methoxy groups -OCH3 is 1. The Hall–Kier alpha value is -1.23. The summed E-state index contributed by atoms with van der Waals surface area (Å²) in [7, 11) is -1.96. The minimum Gasteiger partial charge on any atom is -0.497 e. The summed E-state index contributed by atoms with van der Waals surface area (Å²) in [5, 5.41) is 0. The fourth-order valence-electron chi connectivity index (χ4n) is 2.34. The average Bonchev–Trinajstić information content (AvgIpc) is 2.51. The zero-order chi connectivity index (χ0) is 15.6. The zero-order valence-electron chi connectivity index (χ0n) is 12.9. The Bertz CT molecular complexity index is 732. The predicted molar refractivity (Wildman–Crippen MR) is 101 cm³/mol. The number of rotatable bonds is 5. The van der Waals surface area contributed by atoms with Crippen molar-refractivity contribution in [2.24, 2.45) is 0 Å². The van der Waals surface area contributed by atoms with Crippen LogP contribution in [0.4, 0.5) is 5.69 Å². The summed E-state index contributed by atoms with van der Waals surface area (Å²) >= 11 is 1.76. The van der Waals surface area contributed by atoms with Crippen LogP contribution in [0.1, 0.15) is 0 Å². The molecule has 0 spiro atoms. The first-order chi connectivity index (χ1) is 10.6. The number of sulfonamides is 1. The van der Waals surface area contributed by atoms with E-state index in [2.05, 4.69) is 0 Å². The number of hydrogen-bond donors (Lipinski definition) is 0. The van der Waals surface area contributed by atoms with E-state index in [0.717, 1.165) is 11.5 Å². The van der Waals surface area contributed by atoms with E-state index >= 15 is 0 Å². The summed E-state index contributed by atoms with van der Waals surface area (Å²) in [5.74, 6) is 2.35. The fourth-order valence-corrected chi connectivity index (χ4v) is 4.94. The van der Waals surface area contributed by atoms with E-state index in [1.54, 1.807) is 67.4 Å². The topological polar surface area (TPSA) is 46.6 Å². The summed E-state index contributed by atoms with van der Waals surface area (Å²) < 4.78 is 32.7. The SMILES string of the molecule is COc1ccc(N(C2CSC2)S(=O)(=O)c2ccccc2)cc1.P. The van der Waals surface area contributed by atoms with Crippen molar-refractivity contribution in [1.82, 2.24) is 0 Å². The van der Waals surface area contributed by atoms with Crippen LogP contribution in [0.2, 0.25) is 0 Å². The second-order valence-electron chi connectivity index (χ2n) is 5.00. The van der Waals surface area contributed by atoms with Gasteiger partial charge in [-0.3, -0.25) is 4.31 Å². The molecule has 0 bridgehead atoms. The Morgan fingerprint density at radius 2 is 1.65 bits per heavy atom. The smallest absolute Gasteiger partial charge is 0.264 e. The largest absolute Gasteiger partial charge is 0.497 e. The average molecular weight is 369 g/mol. The summed E-state index contributed by atoms with van der Waals surface area (Å²) in [6, 6.07) is 15.7. The van der Waals surface area contributed by atoms with Crippen LogP contribution in [0.15, 0.2) is 59.5 Å². The van der Waals surface area contributed by atoms with Crippen molar-refractivity contribution in [3.8, 4) is 5.75 Å². The van der Waals surface area contributed by atoms with Crippen molar-refractivity contribution in [2.45, 2.75) is 10.9 Å². The Morgan fingerprint density at radius 3 is 2.13 bits per heavy atom. The normalized spacial score (nSPS) is 14.5. The molecule has 0 amide bonds. The highest BCUT2D eigenvalue weighted by atomic mass is 32.2. The molecule has 0 saturated carbocycles. The third-order valence-electron chi connectivity index (χ3n) is 3.58. The van der Waals surface area contributed by atoms with Gasteiger partial charge in [-0.2, -0.15) is 21.7 Å². The van der Waals surface area contributed by atoms with Gasteiger partial charge in [0.15, 0.2) is 0 Å². The molecule has 0 N–H and O–H groups in total. The predicted octanol–water partition coefficient (Wildman–Crippen LogP) is 3.06. The van der Waals surface area contributed by atoms with Gasteiger partial charge in [-0.05, 0) is 36.4 Å². The number of benzene rings is 2. The van der Waals surface area contributed by atoms with E-state index < -0.39 is 10.0 Å². The van der Waals surface area contributed by atoms with Crippen LogP contribution in [-0.2, 0) is 10.0 Å². The lowest BCUT2D eigenvalue weighted by Crippen LogP contribution is -2.48. The molecule has 0 aromatic heterocycles. The summed E-state index contributed by atoms with van der Waals surface area (Å²) in [6.45, 7) is 0. The molecule has 1 atom stereocenters. The van der Waals surface area contributed by atoms with Gasteiger partial charge in [-0.15, -0.1) is 0 Å². The Labute approximate surface area is 144 Å². The van der Waals surface area contributed by atoms with Crippen LogP contribution in [0.5, 0.6) is 5.75 Å². The van der Waals surface area contributed by atoms with Gasteiger partial charge in [-0.1, -0.05) is 18.2 Å². The maximum Gasteiger partial charge on any atom is 0.264 e. The molecule has 2 aromatic carbocycles. The Morgan fingerprint density at radius 1 is 1.04 bits per heavy atom. The number of thioether (sulfide) groups is 1. The summed E-state index contributed by atoms with van der Waals surface area (Å²) in [6.07, 6.45) is 0. The molecule has 2 aromatic rings. The molecule has 3 rings (SSSR count). The molecular formula is C16H20NO3PS2. The first-order valence-electron chi connectivity index (χ1n) is 6.94. The molecule has 23 heavy (non-hydrogen) atoms. The quantitative estimate of drug-likeness (QED) is 0.760. The first kappa shape index (κ1) is 18.1. The van der Waals surface area contributed by atoms with Crippen LogP contribution in [0.25, 0.3) is 0 Å². The molecule has 4 nitrogen and oxygen atoms in total. The minimum atomic E-state index is -3.55. The molecule has 1 fully saturated rings. The lowest BCUT2D eigenvalue weighted by molar-refractivity contribution is 0.415. The van der Waals surface area contributed by atoms with Crippen molar-refractivity contribution in [3.63, 3.8) is 0 Å². The highest BCUT2D eigenvalue weighted by Gasteiger charge is 2.35. The van der Waals surface area contributed by atoms with Crippen molar-refractivity contribution in [1.29, 1.82) is 0 Å². The van der Waals surface area contributed by atoms with Gasteiger partial charge < -0.3 is 4.74 Å². The van der Waals surface area contributed by atoms with Crippen molar-refractivity contribution < 1.29 is 13.2 Å². The monoisotopic (exact) mass is 369 g/mol. The number of nitrogens with zero attached hydrogens (tertiary/aromatic N) is 1. The molecule has 1 heterocycles. The second-order valence-corrected chi connectivity index (χ2v) is 7.89. The second kappa shape index (κ2) is 7.56. The molecule has 7 heteroatoms. The van der Waals surface area contributed by atoms with Gasteiger partial charge in [0.25, 0.3) is 10.0 Å². The molecule has 1 aliphatic rings. The van der Waals surface area contributed by atoms with E-state index in [1.807, 2.05) is 6.07 Å². The van der Waals surface area contributed by atoms with Crippen LogP contribution in [0.3, 0.4) is 0 Å². The van der Waals surface area contributed by atoms with Gasteiger partial charge >= 0.3 is 0 Å². The van der Waals surface area contributed by atoms with Gasteiger partial charge in [0.2, 0.25) is 0 Å². The molecule has 1 unspecified atom stereocenters. The molecular weight excluding hydrogens is 349 g/mol. The maximum atomic E-state index is 13.0.